The summed E-state index contributed by atoms with van der Waals surface area (Å²) < 4.78 is 60.1. The summed E-state index contributed by atoms with van der Waals surface area (Å²) in [5, 5.41) is 2.14. The van der Waals surface area contributed by atoms with Crippen molar-refractivity contribution in [3.05, 3.63) is 24.0 Å². The summed E-state index contributed by atoms with van der Waals surface area (Å²) >= 11 is 0. The first kappa shape index (κ1) is 15.6. The largest absolute Gasteiger partial charge is 0.389 e. The number of hydrogen-bond donors (Lipinski definition) is 1. The molecule has 19 heavy (non-hydrogen) atoms. The first-order valence-corrected chi connectivity index (χ1v) is 6.74. The van der Waals surface area contributed by atoms with Crippen molar-refractivity contribution in [1.29, 1.82) is 0 Å². The molecule has 8 heteroatoms. The van der Waals surface area contributed by atoms with Gasteiger partial charge in [0.1, 0.15) is 5.82 Å². The van der Waals surface area contributed by atoms with E-state index in [0.717, 1.165) is 6.07 Å². The summed E-state index contributed by atoms with van der Waals surface area (Å²) in [6, 6.07) is 3.42. The van der Waals surface area contributed by atoms with Gasteiger partial charge in [0.25, 0.3) is 0 Å². The van der Waals surface area contributed by atoms with Gasteiger partial charge < -0.3 is 5.32 Å². The van der Waals surface area contributed by atoms with Crippen molar-refractivity contribution in [2.24, 2.45) is 0 Å². The van der Waals surface area contributed by atoms with Gasteiger partial charge in [-0.25, -0.2) is 4.39 Å². The van der Waals surface area contributed by atoms with Crippen LogP contribution in [0.3, 0.4) is 0 Å². The quantitative estimate of drug-likeness (QED) is 0.869. The van der Waals surface area contributed by atoms with Crippen LogP contribution in [-0.2, 0) is 15.6 Å². The molecule has 106 valence electrons. The van der Waals surface area contributed by atoms with Crippen LogP contribution in [0.15, 0.2) is 23.1 Å². The number of hydrogen-bond acceptors (Lipinski definition) is 2. The molecule has 0 aliphatic carbocycles. The van der Waals surface area contributed by atoms with Crippen LogP contribution in [0.5, 0.6) is 0 Å². The zero-order chi connectivity index (χ0) is 14.6. The lowest BCUT2D eigenvalue weighted by atomic mass is 10.2. The summed E-state index contributed by atoms with van der Waals surface area (Å²) in [5.74, 6) is -1.64. The molecule has 1 N–H and O–H groups in total. The van der Waals surface area contributed by atoms with Gasteiger partial charge >= 0.3 is 6.18 Å². The van der Waals surface area contributed by atoms with E-state index in [1.807, 2.05) is 0 Å². The van der Waals surface area contributed by atoms with E-state index < -0.39 is 41.5 Å². The minimum atomic E-state index is -4.41. The van der Waals surface area contributed by atoms with Crippen molar-refractivity contribution in [2.75, 3.05) is 11.6 Å². The first-order chi connectivity index (χ1) is 8.69. The molecule has 0 aliphatic heterocycles. The Bertz CT molecular complexity index is 502. The van der Waals surface area contributed by atoms with Crippen molar-refractivity contribution in [3.8, 4) is 0 Å². The van der Waals surface area contributed by atoms with Gasteiger partial charge in [0.05, 0.1) is 22.1 Å². The van der Waals surface area contributed by atoms with Crippen LogP contribution >= 0.6 is 0 Å². The number of benzene rings is 1. The molecule has 0 heterocycles. The molecular weight excluding hydrogens is 286 g/mol. The highest BCUT2D eigenvalue weighted by Crippen LogP contribution is 2.22. The fraction of sp³-hybridized carbons (Fsp3) is 0.364. The Balaban J connectivity index is 2.65. The fourth-order valence-electron chi connectivity index (χ4n) is 1.29. The monoisotopic (exact) mass is 297 g/mol. The number of halogens is 4. The average molecular weight is 297 g/mol. The van der Waals surface area contributed by atoms with Crippen molar-refractivity contribution in [2.45, 2.75) is 23.9 Å². The third kappa shape index (κ3) is 5.37. The number of carbonyl (C=O) groups is 1. The maximum atomic E-state index is 13.4. The molecule has 0 saturated heterocycles. The molecule has 0 fully saturated rings. The lowest BCUT2D eigenvalue weighted by Gasteiger charge is -2.08. The summed E-state index contributed by atoms with van der Waals surface area (Å²) in [6.45, 7) is 0. The maximum absolute atomic E-state index is 13.4. The van der Waals surface area contributed by atoms with Crippen LogP contribution in [0.2, 0.25) is 0 Å². The molecule has 0 saturated carbocycles. The Labute approximate surface area is 109 Å². The number of rotatable bonds is 4. The Morgan fingerprint density at radius 2 is 2.00 bits per heavy atom. The Hall–Kier alpha value is -1.44. The highest BCUT2D eigenvalue weighted by molar-refractivity contribution is 7.84. The first-order valence-electron chi connectivity index (χ1n) is 5.18. The molecule has 0 bridgehead atoms. The fourth-order valence-corrected chi connectivity index (χ4v) is 1.88. The van der Waals surface area contributed by atoms with Crippen LogP contribution in [-0.4, -0.2) is 22.5 Å². The molecule has 1 aromatic rings. The van der Waals surface area contributed by atoms with Gasteiger partial charge in [0.15, 0.2) is 0 Å². The second-order valence-electron chi connectivity index (χ2n) is 3.76. The lowest BCUT2D eigenvalue weighted by Crippen LogP contribution is -2.16. The van der Waals surface area contributed by atoms with E-state index in [1.165, 1.54) is 18.4 Å². The molecular formula is C11H11F4NO2S. The number of nitrogens with one attached hydrogen (secondary N) is 1. The van der Waals surface area contributed by atoms with E-state index in [9.17, 15) is 26.6 Å². The molecule has 1 unspecified atom stereocenters. The highest BCUT2D eigenvalue weighted by atomic mass is 32.2. The van der Waals surface area contributed by atoms with Crippen molar-refractivity contribution in [1.82, 2.24) is 0 Å². The maximum Gasteiger partial charge on any atom is 0.389 e. The summed E-state index contributed by atoms with van der Waals surface area (Å²) in [7, 11) is -1.51. The minimum absolute atomic E-state index is 0.0267. The topological polar surface area (TPSA) is 46.2 Å². The van der Waals surface area contributed by atoms with Crippen molar-refractivity contribution >= 4 is 22.4 Å². The molecule has 0 spiro atoms. The molecule has 1 aromatic carbocycles. The van der Waals surface area contributed by atoms with Crippen LogP contribution in [0.25, 0.3) is 0 Å². The van der Waals surface area contributed by atoms with Crippen LogP contribution in [0.1, 0.15) is 12.8 Å². The number of amides is 1. The van der Waals surface area contributed by atoms with Gasteiger partial charge in [-0.15, -0.1) is 0 Å². The molecule has 0 aliphatic rings. The summed E-state index contributed by atoms with van der Waals surface area (Å²) in [5.41, 5.74) is 0.0267. The van der Waals surface area contributed by atoms with E-state index in [1.54, 1.807) is 0 Å². The predicted molar refractivity (Wildman–Crippen MR) is 62.7 cm³/mol. The minimum Gasteiger partial charge on any atom is -0.326 e. The van der Waals surface area contributed by atoms with Gasteiger partial charge in [-0.05, 0) is 18.2 Å². The van der Waals surface area contributed by atoms with E-state index in [0.29, 0.717) is 0 Å². The van der Waals surface area contributed by atoms with Crippen LogP contribution in [0.4, 0.5) is 23.2 Å². The third-order valence-corrected chi connectivity index (χ3v) is 3.11. The number of carbonyl (C=O) groups excluding carboxylic acids is 1. The van der Waals surface area contributed by atoms with Gasteiger partial charge in [-0.3, -0.25) is 9.00 Å². The van der Waals surface area contributed by atoms with Gasteiger partial charge in [-0.1, -0.05) is 0 Å². The standard InChI is InChI=1S/C11H11F4NO2S/c1-19(18)9-3-2-7(6-8(9)12)16-10(17)4-5-11(13,14)15/h2-3,6H,4-5H2,1H3,(H,16,17). The van der Waals surface area contributed by atoms with E-state index in [4.69, 9.17) is 0 Å². The van der Waals surface area contributed by atoms with Crippen molar-refractivity contribution in [3.63, 3.8) is 0 Å². The van der Waals surface area contributed by atoms with Gasteiger partial charge in [0.2, 0.25) is 5.91 Å². The SMILES string of the molecule is CS(=O)c1ccc(NC(=O)CCC(F)(F)F)cc1F. The Morgan fingerprint density at radius 1 is 1.37 bits per heavy atom. The van der Waals surface area contributed by atoms with Crippen LogP contribution in [0, 0.1) is 5.82 Å². The van der Waals surface area contributed by atoms with E-state index >= 15 is 0 Å². The van der Waals surface area contributed by atoms with Gasteiger partial charge in [-0.2, -0.15) is 13.2 Å². The van der Waals surface area contributed by atoms with E-state index in [-0.39, 0.29) is 10.6 Å². The third-order valence-electron chi connectivity index (χ3n) is 2.16. The zero-order valence-electron chi connectivity index (χ0n) is 9.88. The molecule has 1 rings (SSSR count). The molecule has 1 atom stereocenters. The van der Waals surface area contributed by atoms with Crippen LogP contribution < -0.4 is 5.32 Å². The summed E-state index contributed by atoms with van der Waals surface area (Å²) in [6.07, 6.45) is -5.09. The normalized spacial score (nSPS) is 13.1. The summed E-state index contributed by atoms with van der Waals surface area (Å²) in [4.78, 5) is 11.2. The smallest absolute Gasteiger partial charge is 0.326 e. The van der Waals surface area contributed by atoms with E-state index in [2.05, 4.69) is 5.32 Å². The molecule has 3 nitrogen and oxygen atoms in total. The highest BCUT2D eigenvalue weighted by Gasteiger charge is 2.27. The lowest BCUT2D eigenvalue weighted by molar-refractivity contribution is -0.142. The second-order valence-corrected chi connectivity index (χ2v) is 5.11. The molecule has 0 radical (unpaired) electrons. The average Bonchev–Trinajstić information content (AvgIpc) is 2.25. The van der Waals surface area contributed by atoms with Crippen molar-refractivity contribution < 1.29 is 26.6 Å². The number of alkyl halides is 3. The predicted octanol–water partition coefficient (Wildman–Crippen LogP) is 2.84. The zero-order valence-corrected chi connectivity index (χ0v) is 10.7. The molecule has 1 amide bonds. The Morgan fingerprint density at radius 3 is 2.47 bits per heavy atom. The molecule has 0 aromatic heterocycles. The van der Waals surface area contributed by atoms with Gasteiger partial charge in [0, 0.05) is 18.4 Å². The Kier molecular flexibility index (Phi) is 5.04. The second kappa shape index (κ2) is 6.14. The number of anilines is 1.